The molecular formula is C21H21Cl3N2O2. The lowest BCUT2D eigenvalue weighted by molar-refractivity contribution is -0.122. The minimum absolute atomic E-state index is 0.0317. The molecule has 148 valence electrons. The Kier molecular flexibility index (Phi) is 7.22. The van der Waals surface area contributed by atoms with Crippen molar-refractivity contribution in [2.75, 3.05) is 13.1 Å². The summed E-state index contributed by atoms with van der Waals surface area (Å²) in [5, 5.41) is 4.56. The van der Waals surface area contributed by atoms with E-state index in [0.29, 0.717) is 46.6 Å². The van der Waals surface area contributed by atoms with E-state index < -0.39 is 0 Å². The standard InChI is InChI=1S/C21H21Cl3N2O2/c22-16-5-1-14(2-6-16)3-8-20(27)25-17-9-11-26(12-10-17)21(28)15-4-7-18(23)19(24)13-15/h1-2,4-7,13,17H,3,8-12H2,(H,25,27). The van der Waals surface area contributed by atoms with Gasteiger partial charge < -0.3 is 10.2 Å². The van der Waals surface area contributed by atoms with E-state index >= 15 is 0 Å². The third kappa shape index (κ3) is 5.63. The molecule has 0 saturated carbocycles. The quantitative estimate of drug-likeness (QED) is 0.712. The van der Waals surface area contributed by atoms with Gasteiger partial charge in [-0.2, -0.15) is 0 Å². The van der Waals surface area contributed by atoms with Gasteiger partial charge in [0.15, 0.2) is 0 Å². The third-order valence-corrected chi connectivity index (χ3v) is 5.86. The molecule has 1 aliphatic heterocycles. The van der Waals surface area contributed by atoms with E-state index in [-0.39, 0.29) is 17.9 Å². The van der Waals surface area contributed by atoms with Crippen LogP contribution in [0, 0.1) is 0 Å². The zero-order valence-electron chi connectivity index (χ0n) is 15.3. The van der Waals surface area contributed by atoms with Crippen LogP contribution in [-0.2, 0) is 11.2 Å². The Morgan fingerprint density at radius 1 is 0.964 bits per heavy atom. The van der Waals surface area contributed by atoms with Gasteiger partial charge in [-0.1, -0.05) is 46.9 Å². The Labute approximate surface area is 179 Å². The van der Waals surface area contributed by atoms with Crippen molar-refractivity contribution in [3.8, 4) is 0 Å². The lowest BCUT2D eigenvalue weighted by atomic mass is 10.0. The van der Waals surface area contributed by atoms with Crippen molar-refractivity contribution in [3.63, 3.8) is 0 Å². The van der Waals surface area contributed by atoms with Crippen LogP contribution in [0.4, 0.5) is 0 Å². The molecule has 2 aromatic carbocycles. The van der Waals surface area contributed by atoms with E-state index in [2.05, 4.69) is 5.32 Å². The van der Waals surface area contributed by atoms with Gasteiger partial charge in [-0.05, 0) is 55.2 Å². The molecule has 3 rings (SSSR count). The predicted octanol–water partition coefficient (Wildman–Crippen LogP) is 5.00. The fourth-order valence-corrected chi connectivity index (χ4v) is 3.67. The summed E-state index contributed by atoms with van der Waals surface area (Å²) in [6.45, 7) is 1.20. The van der Waals surface area contributed by atoms with Crippen LogP contribution in [0.2, 0.25) is 15.1 Å². The second kappa shape index (κ2) is 9.64. The van der Waals surface area contributed by atoms with E-state index in [1.54, 1.807) is 23.1 Å². The van der Waals surface area contributed by atoms with Gasteiger partial charge in [0.1, 0.15) is 0 Å². The number of hydrogen-bond acceptors (Lipinski definition) is 2. The second-order valence-corrected chi connectivity index (χ2v) is 8.14. The molecule has 0 radical (unpaired) electrons. The first-order chi connectivity index (χ1) is 13.4. The number of benzene rings is 2. The van der Waals surface area contributed by atoms with Crippen LogP contribution < -0.4 is 5.32 Å². The summed E-state index contributed by atoms with van der Waals surface area (Å²) < 4.78 is 0. The second-order valence-electron chi connectivity index (χ2n) is 6.89. The van der Waals surface area contributed by atoms with Gasteiger partial charge in [-0.25, -0.2) is 0 Å². The SMILES string of the molecule is O=C(CCc1ccc(Cl)cc1)NC1CCN(C(=O)c2ccc(Cl)c(Cl)c2)CC1. The molecule has 1 saturated heterocycles. The number of carbonyl (C=O) groups excluding carboxylic acids is 2. The highest BCUT2D eigenvalue weighted by molar-refractivity contribution is 6.42. The number of hydrogen-bond donors (Lipinski definition) is 1. The number of rotatable bonds is 5. The van der Waals surface area contributed by atoms with E-state index in [1.165, 1.54) is 0 Å². The van der Waals surface area contributed by atoms with Crippen molar-refractivity contribution in [2.45, 2.75) is 31.7 Å². The smallest absolute Gasteiger partial charge is 0.253 e. The lowest BCUT2D eigenvalue weighted by Crippen LogP contribution is -2.46. The summed E-state index contributed by atoms with van der Waals surface area (Å²) in [5.41, 5.74) is 1.61. The number of amides is 2. The fraction of sp³-hybridized carbons (Fsp3) is 0.333. The van der Waals surface area contributed by atoms with Crippen LogP contribution in [-0.4, -0.2) is 35.8 Å². The molecule has 0 bridgehead atoms. The number of likely N-dealkylation sites (tertiary alicyclic amines) is 1. The molecular weight excluding hydrogens is 419 g/mol. The molecule has 0 unspecified atom stereocenters. The maximum absolute atomic E-state index is 12.6. The van der Waals surface area contributed by atoms with Gasteiger partial charge >= 0.3 is 0 Å². The van der Waals surface area contributed by atoms with E-state index in [1.807, 2.05) is 24.3 Å². The van der Waals surface area contributed by atoms with Gasteiger partial charge in [-0.15, -0.1) is 0 Å². The topological polar surface area (TPSA) is 49.4 Å². The molecule has 0 atom stereocenters. The average Bonchev–Trinajstić information content (AvgIpc) is 2.70. The van der Waals surface area contributed by atoms with Gasteiger partial charge in [0.2, 0.25) is 5.91 Å². The minimum Gasteiger partial charge on any atom is -0.353 e. The van der Waals surface area contributed by atoms with Crippen molar-refractivity contribution in [1.82, 2.24) is 10.2 Å². The van der Waals surface area contributed by atoms with Gasteiger partial charge in [0.05, 0.1) is 10.0 Å². The first-order valence-corrected chi connectivity index (χ1v) is 10.3. The molecule has 1 N–H and O–H groups in total. The molecule has 1 aliphatic rings. The minimum atomic E-state index is -0.0638. The molecule has 28 heavy (non-hydrogen) atoms. The monoisotopic (exact) mass is 438 g/mol. The van der Waals surface area contributed by atoms with Gasteiger partial charge in [0, 0.05) is 36.1 Å². The number of nitrogens with one attached hydrogen (secondary N) is 1. The Hall–Kier alpha value is -1.75. The Bertz CT molecular complexity index is 847. The van der Waals surface area contributed by atoms with Crippen LogP contribution in [0.3, 0.4) is 0 Å². The number of aryl methyl sites for hydroxylation is 1. The number of carbonyl (C=O) groups is 2. The van der Waals surface area contributed by atoms with E-state index in [9.17, 15) is 9.59 Å². The van der Waals surface area contributed by atoms with Crippen molar-refractivity contribution in [3.05, 3.63) is 68.7 Å². The summed E-state index contributed by atoms with van der Waals surface area (Å²) in [6.07, 6.45) is 2.58. The van der Waals surface area contributed by atoms with Crippen molar-refractivity contribution in [2.24, 2.45) is 0 Å². The van der Waals surface area contributed by atoms with Crippen LogP contribution >= 0.6 is 34.8 Å². The number of piperidine rings is 1. The number of halogens is 3. The molecule has 1 heterocycles. The Morgan fingerprint density at radius 3 is 2.29 bits per heavy atom. The van der Waals surface area contributed by atoms with E-state index in [4.69, 9.17) is 34.8 Å². The highest BCUT2D eigenvalue weighted by Crippen LogP contribution is 2.24. The summed E-state index contributed by atoms with van der Waals surface area (Å²) in [4.78, 5) is 26.6. The normalized spacial score (nSPS) is 14.8. The Morgan fingerprint density at radius 2 is 1.64 bits per heavy atom. The van der Waals surface area contributed by atoms with Crippen LogP contribution in [0.1, 0.15) is 35.2 Å². The van der Waals surface area contributed by atoms with Gasteiger partial charge in [0.25, 0.3) is 5.91 Å². The van der Waals surface area contributed by atoms with Crippen molar-refractivity contribution < 1.29 is 9.59 Å². The first-order valence-electron chi connectivity index (χ1n) is 9.20. The van der Waals surface area contributed by atoms with Gasteiger partial charge in [-0.3, -0.25) is 9.59 Å². The molecule has 2 amide bonds. The highest BCUT2D eigenvalue weighted by atomic mass is 35.5. The maximum atomic E-state index is 12.6. The summed E-state index contributed by atoms with van der Waals surface area (Å²) in [7, 11) is 0. The van der Waals surface area contributed by atoms with Crippen LogP contribution in [0.25, 0.3) is 0 Å². The van der Waals surface area contributed by atoms with E-state index in [0.717, 1.165) is 18.4 Å². The zero-order valence-corrected chi connectivity index (χ0v) is 17.5. The molecule has 1 fully saturated rings. The molecule has 0 spiro atoms. The molecule has 7 heteroatoms. The summed E-state index contributed by atoms with van der Waals surface area (Å²) in [6, 6.07) is 12.5. The van der Waals surface area contributed by atoms with Crippen LogP contribution in [0.15, 0.2) is 42.5 Å². The molecule has 0 aromatic heterocycles. The highest BCUT2D eigenvalue weighted by Gasteiger charge is 2.24. The van der Waals surface area contributed by atoms with Crippen LogP contribution in [0.5, 0.6) is 0 Å². The summed E-state index contributed by atoms with van der Waals surface area (Å²) >= 11 is 17.8. The maximum Gasteiger partial charge on any atom is 0.253 e. The van der Waals surface area contributed by atoms with Crippen molar-refractivity contribution in [1.29, 1.82) is 0 Å². The zero-order chi connectivity index (χ0) is 20.1. The Balaban J connectivity index is 1.44. The fourth-order valence-electron chi connectivity index (χ4n) is 3.25. The largest absolute Gasteiger partial charge is 0.353 e. The molecule has 4 nitrogen and oxygen atoms in total. The average molecular weight is 440 g/mol. The lowest BCUT2D eigenvalue weighted by Gasteiger charge is -2.32. The molecule has 0 aliphatic carbocycles. The summed E-state index contributed by atoms with van der Waals surface area (Å²) in [5.74, 6) is -0.0321. The predicted molar refractivity (Wildman–Crippen MR) is 113 cm³/mol. The first kappa shape index (κ1) is 21.0. The van der Waals surface area contributed by atoms with Crippen molar-refractivity contribution >= 4 is 46.6 Å². The molecule has 2 aromatic rings. The number of nitrogens with zero attached hydrogens (tertiary/aromatic N) is 1. The third-order valence-electron chi connectivity index (χ3n) is 4.87.